The number of urea groups is 1. The number of hydrogen-bond acceptors (Lipinski definition) is 2. The minimum absolute atomic E-state index is 0.153. The Morgan fingerprint density at radius 1 is 1.38 bits per heavy atom. The molecule has 1 aliphatic rings. The molecule has 1 heterocycles. The number of nitrogens with one attached hydrogen (secondary N) is 1. The van der Waals surface area contributed by atoms with Crippen LogP contribution < -0.4 is 5.32 Å². The number of carbonyl (C=O) groups excluding carboxylic acids is 1. The van der Waals surface area contributed by atoms with Gasteiger partial charge in [0.05, 0.1) is 12.0 Å². The number of rotatable bonds is 3. The molecule has 0 aromatic heterocycles. The van der Waals surface area contributed by atoms with E-state index in [0.717, 1.165) is 12.0 Å². The number of aliphatic carboxylic acids is 1. The van der Waals surface area contributed by atoms with Crippen molar-refractivity contribution >= 4 is 23.6 Å². The number of benzene rings is 1. The highest BCUT2D eigenvalue weighted by Crippen LogP contribution is 2.19. The topological polar surface area (TPSA) is 69.6 Å². The highest BCUT2D eigenvalue weighted by Gasteiger charge is 2.28. The second-order valence-corrected chi connectivity index (χ2v) is 5.78. The zero-order valence-corrected chi connectivity index (χ0v) is 12.6. The first-order valence-electron chi connectivity index (χ1n) is 7.01. The molecule has 5 nitrogen and oxygen atoms in total. The van der Waals surface area contributed by atoms with E-state index in [4.69, 9.17) is 16.7 Å². The molecule has 0 saturated carbocycles. The van der Waals surface area contributed by atoms with Crippen molar-refractivity contribution in [3.05, 3.63) is 34.9 Å². The van der Waals surface area contributed by atoms with Gasteiger partial charge in [0.2, 0.25) is 0 Å². The smallest absolute Gasteiger partial charge is 0.317 e. The molecule has 0 aliphatic carbocycles. The number of carboxylic acids is 1. The van der Waals surface area contributed by atoms with Gasteiger partial charge in [0.25, 0.3) is 0 Å². The molecule has 21 heavy (non-hydrogen) atoms. The van der Waals surface area contributed by atoms with E-state index in [1.54, 1.807) is 17.0 Å². The summed E-state index contributed by atoms with van der Waals surface area (Å²) in [5, 5.41) is 12.6. The number of likely N-dealkylation sites (tertiary alicyclic amines) is 1. The number of carbonyl (C=O) groups is 2. The fraction of sp³-hybridized carbons (Fsp3) is 0.467. The quantitative estimate of drug-likeness (QED) is 0.902. The number of hydrogen-bond donors (Lipinski definition) is 2. The minimum atomic E-state index is -0.835. The van der Waals surface area contributed by atoms with Gasteiger partial charge in [-0.1, -0.05) is 23.7 Å². The summed E-state index contributed by atoms with van der Waals surface area (Å²) in [4.78, 5) is 24.8. The average Bonchev–Trinajstić information content (AvgIpc) is 2.48. The summed E-state index contributed by atoms with van der Waals surface area (Å²) in [5.41, 5.74) is 0.958. The Balaban J connectivity index is 1.94. The summed E-state index contributed by atoms with van der Waals surface area (Å²) >= 11 is 5.84. The second kappa shape index (κ2) is 6.80. The number of carboxylic acid groups (broad SMARTS) is 1. The maximum Gasteiger partial charge on any atom is 0.317 e. The van der Waals surface area contributed by atoms with E-state index < -0.39 is 11.9 Å². The molecule has 0 spiro atoms. The Labute approximate surface area is 128 Å². The number of piperidine rings is 1. The van der Waals surface area contributed by atoms with Gasteiger partial charge in [0.15, 0.2) is 0 Å². The molecule has 0 radical (unpaired) electrons. The molecule has 1 saturated heterocycles. The summed E-state index contributed by atoms with van der Waals surface area (Å²) in [7, 11) is 0. The molecular weight excluding hydrogens is 292 g/mol. The lowest BCUT2D eigenvalue weighted by Gasteiger charge is -2.31. The van der Waals surface area contributed by atoms with E-state index in [2.05, 4.69) is 5.32 Å². The molecule has 1 fully saturated rings. The lowest BCUT2D eigenvalue weighted by molar-refractivity contribution is -0.143. The Morgan fingerprint density at radius 2 is 2.05 bits per heavy atom. The number of amides is 2. The van der Waals surface area contributed by atoms with E-state index >= 15 is 0 Å². The number of halogens is 1. The summed E-state index contributed by atoms with van der Waals surface area (Å²) < 4.78 is 0. The molecule has 2 N–H and O–H groups in total. The molecule has 1 aromatic rings. The van der Waals surface area contributed by atoms with Crippen LogP contribution in [0.25, 0.3) is 0 Å². The van der Waals surface area contributed by atoms with Crippen molar-refractivity contribution < 1.29 is 14.7 Å². The van der Waals surface area contributed by atoms with Crippen molar-refractivity contribution in [2.45, 2.75) is 25.8 Å². The van der Waals surface area contributed by atoms with Crippen molar-refractivity contribution in [3.8, 4) is 0 Å². The molecule has 1 aromatic carbocycles. The zero-order valence-electron chi connectivity index (χ0n) is 11.9. The lowest BCUT2D eigenvalue weighted by Crippen LogP contribution is -2.47. The standard InChI is InChI=1S/C15H19ClN2O3/c1-10(11-4-6-13(16)7-5-11)17-15(21)18-8-2-3-12(9-18)14(19)20/h4-7,10,12H,2-3,8-9H2,1H3,(H,17,21)(H,19,20)/t10?,12-/m1/s1. The fourth-order valence-electron chi connectivity index (χ4n) is 2.47. The van der Waals surface area contributed by atoms with Crippen LogP contribution in [0, 0.1) is 5.92 Å². The highest BCUT2D eigenvalue weighted by molar-refractivity contribution is 6.30. The second-order valence-electron chi connectivity index (χ2n) is 5.35. The van der Waals surface area contributed by atoms with Crippen LogP contribution in [0.15, 0.2) is 24.3 Å². The van der Waals surface area contributed by atoms with Crippen LogP contribution in [0.2, 0.25) is 5.02 Å². The summed E-state index contributed by atoms with van der Waals surface area (Å²) in [5.74, 6) is -1.30. The highest BCUT2D eigenvalue weighted by atomic mass is 35.5. The lowest BCUT2D eigenvalue weighted by atomic mass is 9.98. The predicted molar refractivity (Wildman–Crippen MR) is 80.3 cm³/mol. The molecule has 1 unspecified atom stereocenters. The van der Waals surface area contributed by atoms with Crippen molar-refractivity contribution in [1.82, 2.24) is 10.2 Å². The molecule has 114 valence electrons. The van der Waals surface area contributed by atoms with Crippen LogP contribution in [0.5, 0.6) is 0 Å². The van der Waals surface area contributed by atoms with Gasteiger partial charge in [-0.05, 0) is 37.5 Å². The van der Waals surface area contributed by atoms with Crippen molar-refractivity contribution in [2.75, 3.05) is 13.1 Å². The van der Waals surface area contributed by atoms with Gasteiger partial charge in [-0.15, -0.1) is 0 Å². The van der Waals surface area contributed by atoms with E-state index in [1.165, 1.54) is 0 Å². The molecule has 1 aliphatic heterocycles. The summed E-state index contributed by atoms with van der Waals surface area (Å²) in [6.07, 6.45) is 1.35. The van der Waals surface area contributed by atoms with Gasteiger partial charge in [-0.3, -0.25) is 4.79 Å². The monoisotopic (exact) mass is 310 g/mol. The van der Waals surface area contributed by atoms with Gasteiger partial charge in [0.1, 0.15) is 0 Å². The molecule has 2 rings (SSSR count). The van der Waals surface area contributed by atoms with Gasteiger partial charge >= 0.3 is 12.0 Å². The largest absolute Gasteiger partial charge is 0.481 e. The average molecular weight is 311 g/mol. The normalized spacial score (nSPS) is 19.9. The van der Waals surface area contributed by atoms with E-state index in [9.17, 15) is 9.59 Å². The third kappa shape index (κ3) is 4.11. The maximum absolute atomic E-state index is 12.2. The van der Waals surface area contributed by atoms with Crippen molar-refractivity contribution in [1.29, 1.82) is 0 Å². The molecular formula is C15H19ClN2O3. The molecule has 0 bridgehead atoms. The van der Waals surface area contributed by atoms with Crippen LogP contribution in [0.4, 0.5) is 4.79 Å². The fourth-order valence-corrected chi connectivity index (χ4v) is 2.60. The van der Waals surface area contributed by atoms with E-state index in [0.29, 0.717) is 18.0 Å². The van der Waals surface area contributed by atoms with Crippen molar-refractivity contribution in [2.24, 2.45) is 5.92 Å². The Kier molecular flexibility index (Phi) is 5.07. The summed E-state index contributed by atoms with van der Waals surface area (Å²) in [6, 6.07) is 6.91. The first-order valence-corrected chi connectivity index (χ1v) is 7.39. The first kappa shape index (κ1) is 15.6. The van der Waals surface area contributed by atoms with Gasteiger partial charge < -0.3 is 15.3 Å². The van der Waals surface area contributed by atoms with Crippen LogP contribution in [0.1, 0.15) is 31.4 Å². The van der Waals surface area contributed by atoms with Crippen LogP contribution in [-0.2, 0) is 4.79 Å². The SMILES string of the molecule is CC(NC(=O)N1CCC[C@@H](C(=O)O)C1)c1ccc(Cl)cc1. The zero-order chi connectivity index (χ0) is 15.4. The third-order valence-electron chi connectivity index (χ3n) is 3.77. The molecule has 6 heteroatoms. The Hall–Kier alpha value is -1.75. The summed E-state index contributed by atoms with van der Waals surface area (Å²) in [6.45, 7) is 2.76. The third-order valence-corrected chi connectivity index (χ3v) is 4.02. The van der Waals surface area contributed by atoms with Crippen LogP contribution in [-0.4, -0.2) is 35.1 Å². The minimum Gasteiger partial charge on any atom is -0.481 e. The van der Waals surface area contributed by atoms with Gasteiger partial charge in [0, 0.05) is 18.1 Å². The van der Waals surface area contributed by atoms with Gasteiger partial charge in [-0.25, -0.2) is 4.79 Å². The van der Waals surface area contributed by atoms with E-state index in [1.807, 2.05) is 19.1 Å². The molecule has 2 atom stereocenters. The van der Waals surface area contributed by atoms with Crippen LogP contribution in [0.3, 0.4) is 0 Å². The maximum atomic E-state index is 12.2. The Morgan fingerprint density at radius 3 is 2.67 bits per heavy atom. The predicted octanol–water partition coefficient (Wildman–Crippen LogP) is 2.91. The van der Waals surface area contributed by atoms with E-state index in [-0.39, 0.29) is 18.6 Å². The van der Waals surface area contributed by atoms with Crippen molar-refractivity contribution in [3.63, 3.8) is 0 Å². The number of nitrogens with zero attached hydrogens (tertiary/aromatic N) is 1. The first-order chi connectivity index (χ1) is 9.97. The van der Waals surface area contributed by atoms with Crippen LogP contribution >= 0.6 is 11.6 Å². The molecule has 2 amide bonds. The van der Waals surface area contributed by atoms with Gasteiger partial charge in [-0.2, -0.15) is 0 Å². The Bertz CT molecular complexity index is 518.